The van der Waals surface area contributed by atoms with E-state index >= 15 is 0 Å². The highest BCUT2D eigenvalue weighted by Gasteiger charge is 2.31. The van der Waals surface area contributed by atoms with Crippen LogP contribution in [-0.4, -0.2) is 47.3 Å². The van der Waals surface area contributed by atoms with Crippen molar-refractivity contribution in [1.82, 2.24) is 9.88 Å². The number of anilines is 1. The molecule has 1 fully saturated rings. The van der Waals surface area contributed by atoms with Gasteiger partial charge in [-0.3, -0.25) is 0 Å². The van der Waals surface area contributed by atoms with Gasteiger partial charge in [0.1, 0.15) is 23.8 Å². The topological polar surface area (TPSA) is 59.3 Å². The van der Waals surface area contributed by atoms with Crippen LogP contribution in [0.25, 0.3) is 4.85 Å². The number of carbonyl (C=O) groups excluding carboxylic acids is 1. The van der Waals surface area contributed by atoms with E-state index in [0.29, 0.717) is 31.1 Å². The van der Waals surface area contributed by atoms with Crippen molar-refractivity contribution in [3.8, 4) is 5.88 Å². The number of benzene rings is 1. The van der Waals surface area contributed by atoms with Gasteiger partial charge < -0.3 is 19.3 Å². The number of aromatic nitrogens is 1. The summed E-state index contributed by atoms with van der Waals surface area (Å²) >= 11 is 0. The number of nitrogens with zero attached hydrogens (tertiary/aromatic N) is 4. The molecule has 0 N–H and O–H groups in total. The van der Waals surface area contributed by atoms with Crippen molar-refractivity contribution < 1.29 is 18.7 Å². The highest BCUT2D eigenvalue weighted by Crippen LogP contribution is 2.23. The number of hydrogen-bond donors (Lipinski definition) is 0. The highest BCUT2D eigenvalue weighted by molar-refractivity contribution is 5.69. The van der Waals surface area contributed by atoms with Crippen LogP contribution in [0.5, 0.6) is 5.88 Å². The van der Waals surface area contributed by atoms with E-state index in [4.69, 9.17) is 16.0 Å². The second kappa shape index (κ2) is 9.21. The molecule has 0 aliphatic carbocycles. The fourth-order valence-corrected chi connectivity index (χ4v) is 3.29. The molecule has 0 spiro atoms. The van der Waals surface area contributed by atoms with E-state index < -0.39 is 11.4 Å². The van der Waals surface area contributed by atoms with E-state index in [1.165, 1.54) is 6.07 Å². The van der Waals surface area contributed by atoms with E-state index in [0.717, 1.165) is 5.82 Å². The smallest absolute Gasteiger partial charge is 0.410 e. The summed E-state index contributed by atoms with van der Waals surface area (Å²) < 4.78 is 25.2. The standard InChI is InChI=1S/C23H27FN4O3/c1-16-14-27(11-12-28(16)22(29)31-23(2,3)4)20-7-6-8-21(26-20)30-15-17-9-10-18(25-5)13-19(17)24/h6-10,13,16H,11-12,14-15H2,1-4H3/t16-/m0/s1. The van der Waals surface area contributed by atoms with Crippen LogP contribution >= 0.6 is 0 Å². The monoisotopic (exact) mass is 426 g/mol. The van der Waals surface area contributed by atoms with Crippen molar-refractivity contribution in [3.63, 3.8) is 0 Å². The second-order valence-corrected chi connectivity index (χ2v) is 8.48. The minimum Gasteiger partial charge on any atom is -0.473 e. The van der Waals surface area contributed by atoms with Crippen LogP contribution in [-0.2, 0) is 11.3 Å². The number of hydrogen-bond acceptors (Lipinski definition) is 5. The fraction of sp³-hybridized carbons (Fsp3) is 0.435. The van der Waals surface area contributed by atoms with E-state index in [1.807, 2.05) is 39.8 Å². The summed E-state index contributed by atoms with van der Waals surface area (Å²) in [5.74, 6) is 0.641. The molecule has 31 heavy (non-hydrogen) atoms. The third-order valence-corrected chi connectivity index (χ3v) is 4.83. The van der Waals surface area contributed by atoms with Gasteiger partial charge >= 0.3 is 6.09 Å². The molecule has 2 heterocycles. The number of ether oxygens (including phenoxy) is 2. The number of piperazine rings is 1. The molecule has 0 unspecified atom stereocenters. The highest BCUT2D eigenvalue weighted by atomic mass is 19.1. The van der Waals surface area contributed by atoms with Crippen LogP contribution in [0, 0.1) is 12.4 Å². The first-order chi connectivity index (χ1) is 14.7. The summed E-state index contributed by atoms with van der Waals surface area (Å²) in [4.78, 5) is 24.0. The van der Waals surface area contributed by atoms with Crippen LogP contribution in [0.3, 0.4) is 0 Å². The Morgan fingerprint density at radius 1 is 1.29 bits per heavy atom. The normalized spacial score (nSPS) is 16.6. The lowest BCUT2D eigenvalue weighted by Gasteiger charge is -2.40. The number of pyridine rings is 1. The molecule has 1 aromatic carbocycles. The zero-order valence-corrected chi connectivity index (χ0v) is 18.3. The summed E-state index contributed by atoms with van der Waals surface area (Å²) in [5.41, 5.74) is 0.0805. The zero-order chi connectivity index (χ0) is 22.6. The third-order valence-electron chi connectivity index (χ3n) is 4.83. The van der Waals surface area contributed by atoms with Gasteiger partial charge in [0.25, 0.3) is 0 Å². The van der Waals surface area contributed by atoms with Gasteiger partial charge in [-0.15, -0.1) is 0 Å². The van der Waals surface area contributed by atoms with Gasteiger partial charge in [-0.2, -0.15) is 4.98 Å². The molecule has 0 saturated carbocycles. The number of rotatable bonds is 4. The molecule has 1 aromatic heterocycles. The van der Waals surface area contributed by atoms with Crippen molar-refractivity contribution in [2.24, 2.45) is 0 Å². The van der Waals surface area contributed by atoms with Gasteiger partial charge in [-0.05, 0) is 39.8 Å². The maximum atomic E-state index is 14.1. The molecule has 164 valence electrons. The van der Waals surface area contributed by atoms with Crippen molar-refractivity contribution in [1.29, 1.82) is 0 Å². The second-order valence-electron chi connectivity index (χ2n) is 8.48. The largest absolute Gasteiger partial charge is 0.473 e. The number of halogens is 1. The first-order valence-electron chi connectivity index (χ1n) is 10.2. The molecule has 2 aromatic rings. The van der Waals surface area contributed by atoms with Gasteiger partial charge in [0, 0.05) is 37.3 Å². The van der Waals surface area contributed by atoms with E-state index in [1.54, 1.807) is 23.1 Å². The minimum atomic E-state index is -0.531. The van der Waals surface area contributed by atoms with Gasteiger partial charge in [-0.1, -0.05) is 18.2 Å². The fourth-order valence-electron chi connectivity index (χ4n) is 3.29. The lowest BCUT2D eigenvalue weighted by molar-refractivity contribution is 0.0158. The quantitative estimate of drug-likeness (QED) is 0.658. The average Bonchev–Trinajstić information content (AvgIpc) is 2.71. The van der Waals surface area contributed by atoms with Gasteiger partial charge in [0.15, 0.2) is 5.69 Å². The summed E-state index contributed by atoms with van der Waals surface area (Å²) in [6.45, 7) is 16.3. The molecule has 8 heteroatoms. The molecule has 0 bridgehead atoms. The minimum absolute atomic E-state index is 0.0173. The Bertz CT molecular complexity index is 984. The van der Waals surface area contributed by atoms with Crippen LogP contribution in [0.4, 0.5) is 20.7 Å². The predicted octanol–water partition coefficient (Wildman–Crippen LogP) is 4.80. The molecule has 3 rings (SSSR count). The van der Waals surface area contributed by atoms with Crippen LogP contribution < -0.4 is 9.64 Å². The third kappa shape index (κ3) is 5.85. The zero-order valence-electron chi connectivity index (χ0n) is 18.3. The molecule has 1 aliphatic rings. The molecule has 0 radical (unpaired) electrons. The lowest BCUT2D eigenvalue weighted by atomic mass is 10.2. The molecular formula is C23H27FN4O3. The predicted molar refractivity (Wildman–Crippen MR) is 116 cm³/mol. The summed E-state index contributed by atoms with van der Waals surface area (Å²) in [7, 11) is 0. The van der Waals surface area contributed by atoms with Crippen LogP contribution in [0.1, 0.15) is 33.3 Å². The van der Waals surface area contributed by atoms with Gasteiger partial charge in [0.05, 0.1) is 6.57 Å². The molecular weight excluding hydrogens is 399 g/mol. The van der Waals surface area contributed by atoms with Crippen molar-refractivity contribution in [2.45, 2.75) is 45.9 Å². The van der Waals surface area contributed by atoms with Crippen molar-refractivity contribution in [3.05, 3.63) is 59.2 Å². The Morgan fingerprint density at radius 3 is 2.71 bits per heavy atom. The van der Waals surface area contributed by atoms with Crippen LogP contribution in [0.2, 0.25) is 0 Å². The Kier molecular flexibility index (Phi) is 6.64. The maximum absolute atomic E-state index is 14.1. The Labute approximate surface area is 182 Å². The van der Waals surface area contributed by atoms with E-state index in [9.17, 15) is 9.18 Å². The van der Waals surface area contributed by atoms with E-state index in [2.05, 4.69) is 14.7 Å². The molecule has 1 saturated heterocycles. The first kappa shape index (κ1) is 22.3. The van der Waals surface area contributed by atoms with Crippen molar-refractivity contribution in [2.75, 3.05) is 24.5 Å². The van der Waals surface area contributed by atoms with Gasteiger partial charge in [0.2, 0.25) is 5.88 Å². The Hall–Kier alpha value is -3.34. The van der Waals surface area contributed by atoms with Crippen LogP contribution in [0.15, 0.2) is 36.4 Å². The Balaban J connectivity index is 1.62. The van der Waals surface area contributed by atoms with Gasteiger partial charge in [-0.25, -0.2) is 14.0 Å². The van der Waals surface area contributed by atoms with Crippen molar-refractivity contribution >= 4 is 17.6 Å². The lowest BCUT2D eigenvalue weighted by Crippen LogP contribution is -2.55. The summed E-state index contributed by atoms with van der Waals surface area (Å²) in [6, 6.07) is 9.70. The molecule has 1 aliphatic heterocycles. The summed E-state index contributed by atoms with van der Waals surface area (Å²) in [5, 5.41) is 0. The number of carbonyl (C=O) groups is 1. The molecule has 1 atom stereocenters. The average molecular weight is 426 g/mol. The van der Waals surface area contributed by atoms with E-state index in [-0.39, 0.29) is 24.4 Å². The molecule has 7 nitrogen and oxygen atoms in total. The first-order valence-corrected chi connectivity index (χ1v) is 10.2. The Morgan fingerprint density at radius 2 is 2.06 bits per heavy atom. The number of amides is 1. The molecule has 1 amide bonds. The summed E-state index contributed by atoms with van der Waals surface area (Å²) in [6.07, 6.45) is -0.309. The maximum Gasteiger partial charge on any atom is 0.410 e. The SMILES string of the molecule is [C-]#[N+]c1ccc(COc2cccc(N3CCN(C(=O)OC(C)(C)C)[C@@H](C)C3)n2)c(F)c1.